The number of rotatable bonds is 9. The molecule has 1 aliphatic heterocycles. The Morgan fingerprint density at radius 1 is 1.06 bits per heavy atom. The van der Waals surface area contributed by atoms with E-state index in [4.69, 9.17) is 32.7 Å². The van der Waals surface area contributed by atoms with Gasteiger partial charge in [0, 0.05) is 29.2 Å². The first-order valence-electron chi connectivity index (χ1n) is 10.5. The van der Waals surface area contributed by atoms with Gasteiger partial charge in [0.05, 0.1) is 23.1 Å². The molecule has 3 rings (SSSR count). The number of ether oxygens (including phenoxy) is 2. The van der Waals surface area contributed by atoms with E-state index in [0.29, 0.717) is 22.9 Å². The quantitative estimate of drug-likeness (QED) is 0.286. The number of unbranched alkanes of at least 4 members (excludes halogenated alkanes) is 1. The minimum Gasteiger partial charge on any atom is -0.462 e. The molecule has 33 heavy (non-hydrogen) atoms. The molecular weight excluding hydrogens is 469 g/mol. The molecule has 2 aromatic carbocycles. The number of hydrogen-bond acceptors (Lipinski definition) is 6. The van der Waals surface area contributed by atoms with Gasteiger partial charge in [0.15, 0.2) is 6.61 Å². The Kier molecular flexibility index (Phi) is 8.47. The molecular formula is C24H23Cl2NO6. The van der Waals surface area contributed by atoms with Crippen molar-refractivity contribution >= 4 is 52.5 Å². The van der Waals surface area contributed by atoms with Crippen molar-refractivity contribution in [3.63, 3.8) is 0 Å². The Morgan fingerprint density at radius 3 is 2.45 bits per heavy atom. The Bertz CT molecular complexity index is 1050. The van der Waals surface area contributed by atoms with Crippen molar-refractivity contribution in [3.05, 3.63) is 63.6 Å². The van der Waals surface area contributed by atoms with E-state index < -0.39 is 30.2 Å². The Morgan fingerprint density at radius 2 is 1.79 bits per heavy atom. The van der Waals surface area contributed by atoms with Crippen LogP contribution in [0.15, 0.2) is 42.5 Å². The maximum absolute atomic E-state index is 12.4. The number of carbonyl (C=O) groups is 4. The molecule has 2 aromatic rings. The number of anilines is 1. The molecule has 174 valence electrons. The highest BCUT2D eigenvalue weighted by atomic mass is 35.5. The van der Waals surface area contributed by atoms with Crippen molar-refractivity contribution in [2.75, 3.05) is 24.7 Å². The van der Waals surface area contributed by atoms with Gasteiger partial charge in [0.2, 0.25) is 11.7 Å². The first-order chi connectivity index (χ1) is 15.8. The molecule has 1 amide bonds. The molecule has 0 spiro atoms. The number of halogens is 2. The van der Waals surface area contributed by atoms with Crippen LogP contribution in [0, 0.1) is 5.92 Å². The van der Waals surface area contributed by atoms with E-state index in [0.717, 1.165) is 12.8 Å². The standard InChI is InChI=1S/C24H23Cl2NO6/c1-2-3-10-32-23(30)15-4-7-18(8-5-15)27-13-16(11-22(27)29)24(31)33-14-21(28)19-9-6-17(25)12-20(19)26/h4-9,12,16H,2-3,10-11,13-14H2,1H3/t16-/m1/s1. The van der Waals surface area contributed by atoms with Crippen LogP contribution in [0.4, 0.5) is 5.69 Å². The molecule has 0 bridgehead atoms. The lowest BCUT2D eigenvalue weighted by Crippen LogP contribution is -2.27. The average molecular weight is 492 g/mol. The van der Waals surface area contributed by atoms with E-state index in [9.17, 15) is 19.2 Å². The van der Waals surface area contributed by atoms with E-state index in [1.165, 1.54) is 23.1 Å². The van der Waals surface area contributed by atoms with E-state index in [-0.39, 0.29) is 29.5 Å². The van der Waals surface area contributed by atoms with Crippen LogP contribution in [0.2, 0.25) is 10.0 Å². The van der Waals surface area contributed by atoms with E-state index in [1.54, 1.807) is 24.3 Å². The lowest BCUT2D eigenvalue weighted by atomic mass is 10.1. The zero-order valence-corrected chi connectivity index (χ0v) is 19.5. The number of ketones is 1. The fourth-order valence-corrected chi connectivity index (χ4v) is 3.85. The minimum absolute atomic E-state index is 0.0322. The van der Waals surface area contributed by atoms with Crippen molar-refractivity contribution in [2.24, 2.45) is 5.92 Å². The normalized spacial score (nSPS) is 15.4. The van der Waals surface area contributed by atoms with Gasteiger partial charge in [-0.05, 0) is 48.9 Å². The summed E-state index contributed by atoms with van der Waals surface area (Å²) in [6.45, 7) is 2.00. The summed E-state index contributed by atoms with van der Waals surface area (Å²) in [6.07, 6.45) is 1.69. The second kappa shape index (κ2) is 11.3. The van der Waals surface area contributed by atoms with Crippen LogP contribution in [-0.2, 0) is 19.1 Å². The van der Waals surface area contributed by atoms with Gasteiger partial charge >= 0.3 is 11.9 Å². The first-order valence-corrected chi connectivity index (χ1v) is 11.3. The van der Waals surface area contributed by atoms with E-state index >= 15 is 0 Å². The van der Waals surface area contributed by atoms with Crippen molar-refractivity contribution in [1.82, 2.24) is 0 Å². The van der Waals surface area contributed by atoms with Gasteiger partial charge in [0.1, 0.15) is 0 Å². The lowest BCUT2D eigenvalue weighted by Gasteiger charge is -2.17. The summed E-state index contributed by atoms with van der Waals surface area (Å²) in [5, 5.41) is 0.558. The molecule has 0 unspecified atom stereocenters. The number of carbonyl (C=O) groups excluding carboxylic acids is 4. The maximum atomic E-state index is 12.4. The Hall–Kier alpha value is -2.90. The molecule has 1 atom stereocenters. The predicted octanol–water partition coefficient (Wildman–Crippen LogP) is 4.73. The fourth-order valence-electron chi connectivity index (χ4n) is 3.33. The van der Waals surface area contributed by atoms with Crippen molar-refractivity contribution in [1.29, 1.82) is 0 Å². The fraction of sp³-hybridized carbons (Fsp3) is 0.333. The molecule has 1 aliphatic rings. The summed E-state index contributed by atoms with van der Waals surface area (Å²) >= 11 is 11.8. The predicted molar refractivity (Wildman–Crippen MR) is 124 cm³/mol. The number of nitrogens with zero attached hydrogens (tertiary/aromatic N) is 1. The smallest absolute Gasteiger partial charge is 0.338 e. The Balaban J connectivity index is 1.55. The van der Waals surface area contributed by atoms with E-state index in [1.807, 2.05) is 6.92 Å². The molecule has 9 heteroatoms. The van der Waals surface area contributed by atoms with Crippen LogP contribution < -0.4 is 4.90 Å². The zero-order chi connectivity index (χ0) is 24.0. The number of amides is 1. The molecule has 0 aromatic heterocycles. The zero-order valence-electron chi connectivity index (χ0n) is 18.0. The SMILES string of the molecule is CCCCOC(=O)c1ccc(N2C[C@H](C(=O)OCC(=O)c3ccc(Cl)cc3Cl)CC2=O)cc1. The molecule has 0 N–H and O–H groups in total. The number of esters is 2. The third-order valence-electron chi connectivity index (χ3n) is 5.18. The summed E-state index contributed by atoms with van der Waals surface area (Å²) in [6, 6.07) is 10.8. The van der Waals surface area contributed by atoms with Crippen LogP contribution in [0.3, 0.4) is 0 Å². The van der Waals surface area contributed by atoms with Gasteiger partial charge in [0.25, 0.3) is 0 Å². The number of Topliss-reactive ketones (excluding diaryl/α,β-unsaturated/α-hetero) is 1. The van der Waals surface area contributed by atoms with Gasteiger partial charge in [-0.1, -0.05) is 36.5 Å². The summed E-state index contributed by atoms with van der Waals surface area (Å²) in [5.74, 6) is -2.48. The van der Waals surface area contributed by atoms with Gasteiger partial charge in [-0.15, -0.1) is 0 Å². The van der Waals surface area contributed by atoms with Crippen LogP contribution >= 0.6 is 23.2 Å². The molecule has 0 radical (unpaired) electrons. The van der Waals surface area contributed by atoms with Gasteiger partial charge in [-0.2, -0.15) is 0 Å². The molecule has 1 fully saturated rings. The third kappa shape index (κ3) is 6.33. The summed E-state index contributed by atoms with van der Waals surface area (Å²) in [7, 11) is 0. The minimum atomic E-state index is -0.704. The highest BCUT2D eigenvalue weighted by molar-refractivity contribution is 6.36. The molecule has 0 aliphatic carbocycles. The highest BCUT2D eigenvalue weighted by Crippen LogP contribution is 2.27. The van der Waals surface area contributed by atoms with Crippen molar-refractivity contribution in [3.8, 4) is 0 Å². The van der Waals surface area contributed by atoms with Crippen molar-refractivity contribution in [2.45, 2.75) is 26.2 Å². The largest absolute Gasteiger partial charge is 0.462 e. The second-order valence-corrected chi connectivity index (χ2v) is 8.44. The van der Waals surface area contributed by atoms with Crippen LogP contribution in [-0.4, -0.2) is 43.4 Å². The second-order valence-electron chi connectivity index (χ2n) is 7.60. The Labute approximate surface area is 201 Å². The van der Waals surface area contributed by atoms with Gasteiger partial charge < -0.3 is 14.4 Å². The topological polar surface area (TPSA) is 90.0 Å². The maximum Gasteiger partial charge on any atom is 0.338 e. The number of hydrogen-bond donors (Lipinski definition) is 0. The molecule has 1 heterocycles. The summed E-state index contributed by atoms with van der Waals surface area (Å²) < 4.78 is 10.3. The lowest BCUT2D eigenvalue weighted by molar-refractivity contribution is -0.147. The highest BCUT2D eigenvalue weighted by Gasteiger charge is 2.36. The van der Waals surface area contributed by atoms with Crippen LogP contribution in [0.5, 0.6) is 0 Å². The summed E-state index contributed by atoms with van der Waals surface area (Å²) in [4.78, 5) is 50.7. The molecule has 0 saturated carbocycles. The average Bonchev–Trinajstić information content (AvgIpc) is 3.19. The van der Waals surface area contributed by atoms with Crippen molar-refractivity contribution < 1.29 is 28.7 Å². The van der Waals surface area contributed by atoms with Gasteiger partial charge in [-0.3, -0.25) is 14.4 Å². The number of benzene rings is 2. The third-order valence-corrected chi connectivity index (χ3v) is 5.73. The molecule has 1 saturated heterocycles. The van der Waals surface area contributed by atoms with Gasteiger partial charge in [-0.25, -0.2) is 4.79 Å². The first kappa shape index (κ1) is 24.7. The van der Waals surface area contributed by atoms with Crippen LogP contribution in [0.1, 0.15) is 46.9 Å². The summed E-state index contributed by atoms with van der Waals surface area (Å²) in [5.41, 5.74) is 1.15. The molecule has 7 nitrogen and oxygen atoms in total. The van der Waals surface area contributed by atoms with E-state index in [2.05, 4.69) is 0 Å². The monoisotopic (exact) mass is 491 g/mol. The van der Waals surface area contributed by atoms with Crippen LogP contribution in [0.25, 0.3) is 0 Å².